The first-order valence-corrected chi connectivity index (χ1v) is 9.27. The third-order valence-corrected chi connectivity index (χ3v) is 5.07. The third kappa shape index (κ3) is 2.53. The SMILES string of the molecule is COc1ccc(-c2cn3c([nH]2)c(C2=CCCN2)c(=O)n3-c2ccccc2)cc1. The molecule has 3 heterocycles. The fraction of sp³-hybridized carbons (Fsp3) is 0.136. The molecule has 2 N–H and O–H groups in total. The summed E-state index contributed by atoms with van der Waals surface area (Å²) in [7, 11) is 1.65. The van der Waals surface area contributed by atoms with Crippen LogP contribution in [0.15, 0.2) is 71.7 Å². The van der Waals surface area contributed by atoms with Crippen molar-refractivity contribution in [2.75, 3.05) is 13.7 Å². The predicted molar refractivity (Wildman–Crippen MR) is 110 cm³/mol. The molecule has 0 fully saturated rings. The Balaban J connectivity index is 1.75. The van der Waals surface area contributed by atoms with Gasteiger partial charge in [-0.15, -0.1) is 0 Å². The fourth-order valence-electron chi connectivity index (χ4n) is 3.70. The highest BCUT2D eigenvalue weighted by Crippen LogP contribution is 2.26. The van der Waals surface area contributed by atoms with Crippen molar-refractivity contribution in [1.82, 2.24) is 19.5 Å². The third-order valence-electron chi connectivity index (χ3n) is 5.07. The second-order valence-electron chi connectivity index (χ2n) is 6.75. The van der Waals surface area contributed by atoms with Crippen molar-refractivity contribution in [3.8, 4) is 22.7 Å². The number of hydrogen-bond acceptors (Lipinski definition) is 3. The normalized spacial score (nSPS) is 13.5. The number of rotatable bonds is 4. The van der Waals surface area contributed by atoms with Crippen LogP contribution in [0, 0.1) is 0 Å². The summed E-state index contributed by atoms with van der Waals surface area (Å²) in [5.41, 5.74) is 5.08. The molecule has 2 aromatic heterocycles. The van der Waals surface area contributed by atoms with E-state index in [2.05, 4.69) is 16.4 Å². The van der Waals surface area contributed by atoms with Crippen molar-refractivity contribution >= 4 is 11.3 Å². The highest BCUT2D eigenvalue weighted by molar-refractivity contribution is 5.78. The van der Waals surface area contributed by atoms with E-state index >= 15 is 0 Å². The molecular formula is C22H20N4O2. The Bertz CT molecular complexity index is 1230. The number of aromatic nitrogens is 3. The Morgan fingerprint density at radius 3 is 2.50 bits per heavy atom. The molecule has 2 aromatic carbocycles. The number of aromatic amines is 1. The molecule has 140 valence electrons. The van der Waals surface area contributed by atoms with Gasteiger partial charge in [0.2, 0.25) is 0 Å². The van der Waals surface area contributed by atoms with E-state index < -0.39 is 0 Å². The summed E-state index contributed by atoms with van der Waals surface area (Å²) in [6.07, 6.45) is 4.97. The number of H-pyrrole nitrogens is 1. The van der Waals surface area contributed by atoms with Crippen molar-refractivity contribution in [3.05, 3.63) is 82.8 Å². The van der Waals surface area contributed by atoms with E-state index in [1.807, 2.05) is 65.3 Å². The van der Waals surface area contributed by atoms with Gasteiger partial charge < -0.3 is 15.0 Å². The number of nitrogens with zero attached hydrogens (tertiary/aromatic N) is 2. The number of ether oxygens (including phenoxy) is 1. The molecule has 0 aliphatic carbocycles. The monoisotopic (exact) mass is 372 g/mol. The van der Waals surface area contributed by atoms with Crippen LogP contribution in [0.3, 0.4) is 0 Å². The second kappa shape index (κ2) is 6.49. The standard InChI is InChI=1S/C22H20N4O2/c1-28-17-11-9-15(10-12-17)19-14-25-21(24-19)20(18-8-5-13-23-18)22(27)26(25)16-6-3-2-4-7-16/h2-4,6-12,14,23-24H,5,13H2,1H3. The molecule has 4 aromatic rings. The first kappa shape index (κ1) is 16.5. The quantitative estimate of drug-likeness (QED) is 0.577. The van der Waals surface area contributed by atoms with Gasteiger partial charge >= 0.3 is 0 Å². The van der Waals surface area contributed by atoms with Gasteiger partial charge in [0.25, 0.3) is 5.56 Å². The number of benzene rings is 2. The van der Waals surface area contributed by atoms with Crippen molar-refractivity contribution in [1.29, 1.82) is 0 Å². The van der Waals surface area contributed by atoms with E-state index in [4.69, 9.17) is 4.74 Å². The minimum absolute atomic E-state index is 0.0422. The average Bonchev–Trinajstić information content (AvgIpc) is 3.45. The summed E-state index contributed by atoms with van der Waals surface area (Å²) >= 11 is 0. The number of imidazole rings is 1. The van der Waals surface area contributed by atoms with E-state index in [-0.39, 0.29) is 5.56 Å². The zero-order valence-corrected chi connectivity index (χ0v) is 15.5. The number of nitrogens with one attached hydrogen (secondary N) is 2. The summed E-state index contributed by atoms with van der Waals surface area (Å²) in [5.74, 6) is 0.809. The summed E-state index contributed by atoms with van der Waals surface area (Å²) in [5, 5.41) is 3.33. The number of methoxy groups -OCH3 is 1. The molecule has 5 rings (SSSR count). The van der Waals surface area contributed by atoms with E-state index in [1.165, 1.54) is 0 Å². The highest BCUT2D eigenvalue weighted by Gasteiger charge is 2.23. The minimum atomic E-state index is -0.0422. The van der Waals surface area contributed by atoms with Gasteiger partial charge in [0.05, 0.1) is 24.7 Å². The molecule has 6 heteroatoms. The number of fused-ring (bicyclic) bond motifs is 1. The summed E-state index contributed by atoms with van der Waals surface area (Å²) in [4.78, 5) is 16.7. The predicted octanol–water partition coefficient (Wildman–Crippen LogP) is 3.43. The lowest BCUT2D eigenvalue weighted by Crippen LogP contribution is -2.21. The van der Waals surface area contributed by atoms with Crippen LogP contribution < -0.4 is 15.6 Å². The van der Waals surface area contributed by atoms with Gasteiger partial charge in [-0.1, -0.05) is 24.3 Å². The van der Waals surface area contributed by atoms with Crippen LogP contribution in [0.2, 0.25) is 0 Å². The Hall–Kier alpha value is -3.67. The van der Waals surface area contributed by atoms with Crippen molar-refractivity contribution in [2.24, 2.45) is 0 Å². The van der Waals surface area contributed by atoms with Crippen molar-refractivity contribution in [2.45, 2.75) is 6.42 Å². The number of para-hydroxylation sites is 1. The molecule has 6 nitrogen and oxygen atoms in total. The molecule has 0 unspecified atom stereocenters. The van der Waals surface area contributed by atoms with Gasteiger partial charge in [-0.05, 0) is 48.4 Å². The van der Waals surface area contributed by atoms with E-state index in [0.717, 1.165) is 47.0 Å². The molecule has 1 aliphatic heterocycles. The summed E-state index contributed by atoms with van der Waals surface area (Å²) < 4.78 is 8.85. The van der Waals surface area contributed by atoms with Gasteiger partial charge in [-0.3, -0.25) is 4.79 Å². The van der Waals surface area contributed by atoms with Gasteiger partial charge in [-0.2, -0.15) is 0 Å². The zero-order valence-electron chi connectivity index (χ0n) is 15.5. The maximum Gasteiger partial charge on any atom is 0.283 e. The van der Waals surface area contributed by atoms with Gasteiger partial charge in [-0.25, -0.2) is 9.20 Å². The van der Waals surface area contributed by atoms with Gasteiger partial charge in [0.1, 0.15) is 17.0 Å². The van der Waals surface area contributed by atoms with Crippen LogP contribution in [0.4, 0.5) is 0 Å². The van der Waals surface area contributed by atoms with Crippen molar-refractivity contribution in [3.63, 3.8) is 0 Å². The highest BCUT2D eigenvalue weighted by atomic mass is 16.5. The van der Waals surface area contributed by atoms with Gasteiger partial charge in [0, 0.05) is 12.2 Å². The van der Waals surface area contributed by atoms with Crippen LogP contribution in [0.25, 0.3) is 28.3 Å². The Labute approximate surface area is 161 Å². The number of hydrogen-bond donors (Lipinski definition) is 2. The zero-order chi connectivity index (χ0) is 19.1. The first-order chi connectivity index (χ1) is 13.8. The molecule has 0 spiro atoms. The molecule has 0 radical (unpaired) electrons. The summed E-state index contributed by atoms with van der Waals surface area (Å²) in [6.45, 7) is 0.851. The topological polar surface area (TPSA) is 63.5 Å². The van der Waals surface area contributed by atoms with E-state index in [9.17, 15) is 4.79 Å². The Kier molecular flexibility index (Phi) is 3.83. The van der Waals surface area contributed by atoms with Crippen LogP contribution >= 0.6 is 0 Å². The molecule has 0 bridgehead atoms. The van der Waals surface area contributed by atoms with Crippen LogP contribution in [0.1, 0.15) is 12.0 Å². The lowest BCUT2D eigenvalue weighted by atomic mass is 10.1. The van der Waals surface area contributed by atoms with E-state index in [0.29, 0.717) is 5.56 Å². The van der Waals surface area contributed by atoms with Crippen LogP contribution in [0.5, 0.6) is 5.75 Å². The molecular weight excluding hydrogens is 352 g/mol. The molecule has 0 atom stereocenters. The van der Waals surface area contributed by atoms with Gasteiger partial charge in [0.15, 0.2) is 0 Å². The molecule has 1 aliphatic rings. The molecule has 28 heavy (non-hydrogen) atoms. The lowest BCUT2D eigenvalue weighted by molar-refractivity contribution is 0.415. The Morgan fingerprint density at radius 2 is 1.82 bits per heavy atom. The largest absolute Gasteiger partial charge is 0.497 e. The Morgan fingerprint density at radius 1 is 1.04 bits per heavy atom. The minimum Gasteiger partial charge on any atom is -0.497 e. The maximum absolute atomic E-state index is 13.3. The lowest BCUT2D eigenvalue weighted by Gasteiger charge is -2.04. The second-order valence-corrected chi connectivity index (χ2v) is 6.75. The first-order valence-electron chi connectivity index (χ1n) is 9.27. The smallest absolute Gasteiger partial charge is 0.283 e. The van der Waals surface area contributed by atoms with Crippen LogP contribution in [-0.4, -0.2) is 27.8 Å². The van der Waals surface area contributed by atoms with Crippen molar-refractivity contribution < 1.29 is 4.74 Å². The van der Waals surface area contributed by atoms with E-state index in [1.54, 1.807) is 11.8 Å². The maximum atomic E-state index is 13.3. The van der Waals surface area contributed by atoms with Crippen LogP contribution in [-0.2, 0) is 0 Å². The fourth-order valence-corrected chi connectivity index (χ4v) is 3.70. The molecule has 0 saturated carbocycles. The molecule has 0 saturated heterocycles. The molecule has 0 amide bonds. The average molecular weight is 372 g/mol. The summed E-state index contributed by atoms with van der Waals surface area (Å²) in [6, 6.07) is 17.6.